The summed E-state index contributed by atoms with van der Waals surface area (Å²) in [7, 11) is 0. The smallest absolute Gasteiger partial charge is 0.349 e. The Bertz CT molecular complexity index is 352. The highest BCUT2D eigenvalue weighted by atomic mass is 16.6. The second kappa shape index (κ2) is 4.84. The van der Waals surface area contributed by atoms with Gasteiger partial charge in [0.05, 0.1) is 6.61 Å². The first-order chi connectivity index (χ1) is 7.90. The van der Waals surface area contributed by atoms with E-state index in [4.69, 9.17) is 21.1 Å². The predicted octanol–water partition coefficient (Wildman–Crippen LogP) is -3.81. The van der Waals surface area contributed by atoms with E-state index in [0.29, 0.717) is 0 Å². The van der Waals surface area contributed by atoms with E-state index in [2.05, 4.69) is 10.0 Å². The lowest BCUT2D eigenvalue weighted by Crippen LogP contribution is -2.68. The molecule has 1 saturated heterocycles. The van der Waals surface area contributed by atoms with Gasteiger partial charge in [-0.1, -0.05) is 0 Å². The highest BCUT2D eigenvalue weighted by molar-refractivity contribution is 5.84. The zero-order valence-corrected chi connectivity index (χ0v) is 8.59. The molecule has 96 valence electrons. The van der Waals surface area contributed by atoms with Crippen molar-refractivity contribution in [3.63, 3.8) is 0 Å². The van der Waals surface area contributed by atoms with Crippen LogP contribution in [0.25, 0.3) is 0 Å². The second-order valence-corrected chi connectivity index (χ2v) is 3.53. The van der Waals surface area contributed by atoms with Gasteiger partial charge in [-0.25, -0.2) is 0 Å². The topological polar surface area (TPSA) is 184 Å². The number of nitrogens with one attached hydrogen (secondary N) is 1. The second-order valence-electron chi connectivity index (χ2n) is 3.53. The molecule has 0 aromatic carbocycles. The summed E-state index contributed by atoms with van der Waals surface area (Å²) in [4.78, 5) is 13.8. The Kier molecular flexibility index (Phi) is 3.88. The Morgan fingerprint density at radius 2 is 2.06 bits per heavy atom. The van der Waals surface area contributed by atoms with Crippen LogP contribution in [0.1, 0.15) is 0 Å². The van der Waals surface area contributed by atoms with Crippen molar-refractivity contribution in [2.45, 2.75) is 30.1 Å². The van der Waals surface area contributed by atoms with Crippen LogP contribution in [0.2, 0.25) is 0 Å². The molecule has 1 amide bonds. The van der Waals surface area contributed by atoms with Crippen molar-refractivity contribution in [1.29, 1.82) is 5.53 Å². The van der Waals surface area contributed by atoms with Crippen LogP contribution < -0.4 is 10.6 Å². The summed E-state index contributed by atoms with van der Waals surface area (Å²) in [5.41, 5.74) is 9.01. The van der Waals surface area contributed by atoms with E-state index >= 15 is 0 Å². The minimum absolute atomic E-state index is 0.743. The van der Waals surface area contributed by atoms with E-state index in [1.165, 1.54) is 0 Å². The maximum absolute atomic E-state index is 11.2. The van der Waals surface area contributed by atoms with E-state index in [0.717, 1.165) is 0 Å². The minimum atomic E-state index is -2.49. The quantitative estimate of drug-likeness (QED) is 0.220. The summed E-state index contributed by atoms with van der Waals surface area (Å²) in [5.74, 6) is -1.30. The number of hydrogen-bond acceptors (Lipinski definition) is 8. The number of hydrogen-bond donors (Lipinski definition) is 6. The number of primary amides is 1. The summed E-state index contributed by atoms with van der Waals surface area (Å²) in [5, 5.41) is 40.5. The number of nitrogens with zero attached hydrogens (tertiary/aromatic N) is 2. The maximum Gasteiger partial charge on any atom is 0.349 e. The Hall–Kier alpha value is -1.42. The van der Waals surface area contributed by atoms with Crippen LogP contribution in [0.4, 0.5) is 0 Å². The molecule has 1 aliphatic heterocycles. The molecule has 0 aromatic heterocycles. The third kappa shape index (κ3) is 2.05. The van der Waals surface area contributed by atoms with Gasteiger partial charge in [0.15, 0.2) is 5.11 Å². The SMILES string of the molecule is N=[N+]=N[C@]1(C(N)=O)O[C@H](CO)[C@@H](O)[C@H](O)[C@H]1O. The van der Waals surface area contributed by atoms with Crippen LogP contribution in [0, 0.1) is 5.53 Å². The molecule has 1 heterocycles. The van der Waals surface area contributed by atoms with Gasteiger partial charge >= 0.3 is 5.72 Å². The lowest BCUT2D eigenvalue weighted by Gasteiger charge is -2.40. The average molecular weight is 249 g/mol. The van der Waals surface area contributed by atoms with Gasteiger partial charge in [0.2, 0.25) is 4.91 Å². The van der Waals surface area contributed by atoms with Gasteiger partial charge in [0.25, 0.3) is 5.91 Å². The number of ether oxygens (including phenoxy) is 1. The highest BCUT2D eigenvalue weighted by Crippen LogP contribution is 2.30. The van der Waals surface area contributed by atoms with E-state index in [1.807, 2.05) is 0 Å². The Labute approximate surface area is 94.8 Å². The lowest BCUT2D eigenvalue weighted by atomic mass is 9.90. The molecule has 0 unspecified atom stereocenters. The van der Waals surface area contributed by atoms with Crippen molar-refractivity contribution in [3.05, 3.63) is 0 Å². The summed E-state index contributed by atoms with van der Waals surface area (Å²) in [6, 6.07) is 0. The molecule has 0 spiro atoms. The third-order valence-electron chi connectivity index (χ3n) is 2.52. The lowest BCUT2D eigenvalue weighted by molar-refractivity contribution is -0.264. The van der Waals surface area contributed by atoms with Crippen molar-refractivity contribution >= 4 is 5.91 Å². The molecule has 1 rings (SSSR count). The first-order valence-corrected chi connectivity index (χ1v) is 4.62. The molecule has 0 radical (unpaired) electrons. The molecule has 0 saturated carbocycles. The summed E-state index contributed by atoms with van der Waals surface area (Å²) >= 11 is 0. The van der Waals surface area contributed by atoms with Crippen molar-refractivity contribution in [1.82, 2.24) is 4.91 Å². The molecule has 17 heavy (non-hydrogen) atoms. The normalized spacial score (nSPS) is 41.6. The van der Waals surface area contributed by atoms with Crippen molar-refractivity contribution < 1.29 is 30.0 Å². The number of carbonyl (C=O) groups is 1. The Balaban J connectivity index is 3.20. The number of rotatable bonds is 3. The first kappa shape index (κ1) is 13.6. The molecule has 7 N–H and O–H groups in total. The Morgan fingerprint density at radius 3 is 2.47 bits per heavy atom. The molecule has 0 bridgehead atoms. The van der Waals surface area contributed by atoms with Gasteiger partial charge in [-0.2, -0.15) is 0 Å². The van der Waals surface area contributed by atoms with E-state index in [-0.39, 0.29) is 0 Å². The van der Waals surface area contributed by atoms with Gasteiger partial charge in [-0.3, -0.25) is 4.79 Å². The molecule has 10 heteroatoms. The fraction of sp³-hybridized carbons (Fsp3) is 0.857. The highest BCUT2D eigenvalue weighted by Gasteiger charge is 2.61. The molecule has 10 nitrogen and oxygen atoms in total. The van der Waals surface area contributed by atoms with E-state index < -0.39 is 42.7 Å². The van der Waals surface area contributed by atoms with Crippen LogP contribution in [0.15, 0.2) is 5.11 Å². The zero-order chi connectivity index (χ0) is 13.2. The summed E-state index contributed by atoms with van der Waals surface area (Å²) < 4.78 is 4.86. The van der Waals surface area contributed by atoms with Crippen LogP contribution in [-0.4, -0.2) is 63.1 Å². The van der Waals surface area contributed by atoms with Crippen LogP contribution in [0.5, 0.6) is 0 Å². The standard InChI is InChI=1S/C7H12N4O6/c8-6(16)7(10-11-9)5(15)4(14)3(13)2(1-12)17-7/h2-5,9,12-15H,1H2,(H-,8,16)/p+1/t2-,3-,4+,5-,7+/m1/s1. The number of amides is 1. The minimum Gasteiger partial charge on any atom is -0.394 e. The number of carbonyl (C=O) groups excluding carboxylic acids is 1. The number of aliphatic hydroxyl groups is 4. The molecule has 1 fully saturated rings. The Morgan fingerprint density at radius 1 is 1.47 bits per heavy atom. The first-order valence-electron chi connectivity index (χ1n) is 4.62. The monoisotopic (exact) mass is 249 g/mol. The fourth-order valence-corrected chi connectivity index (χ4v) is 1.56. The molecular formula is C7H13N4O6+. The van der Waals surface area contributed by atoms with Gasteiger partial charge in [0.1, 0.15) is 29.9 Å². The number of nitrogens with two attached hydrogens (primary N) is 1. The molecular weight excluding hydrogens is 236 g/mol. The van der Waals surface area contributed by atoms with Crippen LogP contribution in [0.3, 0.4) is 0 Å². The van der Waals surface area contributed by atoms with E-state index in [9.17, 15) is 20.1 Å². The predicted molar refractivity (Wildman–Crippen MR) is 49.2 cm³/mol. The molecule has 1 aliphatic rings. The largest absolute Gasteiger partial charge is 0.394 e. The van der Waals surface area contributed by atoms with Crippen LogP contribution >= 0.6 is 0 Å². The van der Waals surface area contributed by atoms with Gasteiger partial charge in [0, 0.05) is 0 Å². The maximum atomic E-state index is 11.2. The summed E-state index contributed by atoms with van der Waals surface area (Å²) in [6.45, 7) is -0.743. The van der Waals surface area contributed by atoms with Crippen molar-refractivity contribution in [2.24, 2.45) is 10.8 Å². The third-order valence-corrected chi connectivity index (χ3v) is 2.52. The molecule has 0 aliphatic carbocycles. The average Bonchev–Trinajstić information content (AvgIpc) is 2.30. The van der Waals surface area contributed by atoms with Gasteiger partial charge in [-0.15, -0.1) is 0 Å². The molecule has 5 atom stereocenters. The van der Waals surface area contributed by atoms with Crippen molar-refractivity contribution in [3.8, 4) is 0 Å². The molecule has 0 aromatic rings. The summed E-state index contributed by atoms with van der Waals surface area (Å²) in [6.07, 6.45) is -6.82. The fourth-order valence-electron chi connectivity index (χ4n) is 1.56. The van der Waals surface area contributed by atoms with Crippen molar-refractivity contribution in [2.75, 3.05) is 6.61 Å². The van der Waals surface area contributed by atoms with Gasteiger partial charge < -0.3 is 30.9 Å². The van der Waals surface area contributed by atoms with Gasteiger partial charge in [-0.05, 0) is 0 Å². The number of aliphatic hydroxyl groups excluding tert-OH is 4. The van der Waals surface area contributed by atoms with Crippen LogP contribution in [-0.2, 0) is 9.53 Å². The zero-order valence-electron chi connectivity index (χ0n) is 8.59. The van der Waals surface area contributed by atoms with E-state index in [1.54, 1.807) is 0 Å².